The first-order valence-corrected chi connectivity index (χ1v) is 7.59. The molecule has 2 rings (SSSR count). The van der Waals surface area contributed by atoms with Crippen molar-refractivity contribution in [2.45, 2.75) is 6.92 Å². The van der Waals surface area contributed by atoms with Crippen molar-refractivity contribution in [3.8, 4) is 0 Å². The minimum absolute atomic E-state index is 0.0751. The molecule has 0 aromatic heterocycles. The molecule has 0 radical (unpaired) electrons. The fourth-order valence-electron chi connectivity index (χ4n) is 2.03. The summed E-state index contributed by atoms with van der Waals surface area (Å²) < 4.78 is 4.93. The van der Waals surface area contributed by atoms with Gasteiger partial charge in [-0.2, -0.15) is 0 Å². The van der Waals surface area contributed by atoms with Crippen LogP contribution in [0.15, 0.2) is 48.5 Å². The third-order valence-corrected chi connectivity index (χ3v) is 3.30. The van der Waals surface area contributed by atoms with Crippen molar-refractivity contribution in [2.75, 3.05) is 17.2 Å². The van der Waals surface area contributed by atoms with Gasteiger partial charge in [0.2, 0.25) is 0 Å². The molecule has 2 aromatic rings. The Kier molecular flexibility index (Phi) is 6.05. The van der Waals surface area contributed by atoms with Crippen LogP contribution in [0, 0.1) is 0 Å². The highest BCUT2D eigenvalue weighted by molar-refractivity contribution is 5.97. The third-order valence-electron chi connectivity index (χ3n) is 3.30. The molecule has 0 bridgehead atoms. The minimum atomic E-state index is -0.715. The summed E-state index contributed by atoms with van der Waals surface area (Å²) in [6, 6.07) is 11.5. The summed E-state index contributed by atoms with van der Waals surface area (Å²) in [6.45, 7) is 0.984. The number of ether oxygens (including phenoxy) is 1. The molecule has 8 heteroatoms. The number of hydrogen-bond donors (Lipinski definition) is 3. The molecule has 0 spiro atoms. The summed E-state index contributed by atoms with van der Waals surface area (Å²) >= 11 is 0. The van der Waals surface area contributed by atoms with Crippen molar-refractivity contribution in [2.24, 2.45) is 5.73 Å². The van der Waals surface area contributed by atoms with Gasteiger partial charge in [0.1, 0.15) is 0 Å². The van der Waals surface area contributed by atoms with E-state index in [0.29, 0.717) is 16.9 Å². The van der Waals surface area contributed by atoms with Gasteiger partial charge in [-0.1, -0.05) is 0 Å². The standard InChI is InChI=1S/C18H17N3O5/c1-11(22)12-2-6-14(7-3-12)20-16(23)10-26-17(24)13-4-8-15(9-5-13)21-18(19)25/h2-9H,10H2,1H3,(H,20,23)(H3,19,21,25). The highest BCUT2D eigenvalue weighted by atomic mass is 16.5. The van der Waals surface area contributed by atoms with Gasteiger partial charge >= 0.3 is 12.0 Å². The largest absolute Gasteiger partial charge is 0.452 e. The number of Topliss-reactive ketones (excluding diaryl/α,β-unsaturated/α-hetero) is 1. The lowest BCUT2D eigenvalue weighted by molar-refractivity contribution is -0.119. The van der Waals surface area contributed by atoms with E-state index in [1.165, 1.54) is 31.2 Å². The lowest BCUT2D eigenvalue weighted by atomic mass is 10.1. The van der Waals surface area contributed by atoms with Crippen molar-refractivity contribution in [1.82, 2.24) is 0 Å². The SMILES string of the molecule is CC(=O)c1ccc(NC(=O)COC(=O)c2ccc(NC(N)=O)cc2)cc1. The van der Waals surface area contributed by atoms with Gasteiger partial charge in [-0.05, 0) is 55.5 Å². The van der Waals surface area contributed by atoms with Crippen LogP contribution in [0.1, 0.15) is 27.6 Å². The molecule has 134 valence electrons. The number of nitrogens with one attached hydrogen (secondary N) is 2. The maximum atomic E-state index is 11.9. The number of rotatable bonds is 6. The van der Waals surface area contributed by atoms with Crippen LogP contribution < -0.4 is 16.4 Å². The zero-order chi connectivity index (χ0) is 19.1. The predicted molar refractivity (Wildman–Crippen MR) is 95.0 cm³/mol. The molecule has 26 heavy (non-hydrogen) atoms. The number of anilines is 2. The fourth-order valence-corrected chi connectivity index (χ4v) is 2.03. The molecule has 0 atom stereocenters. The normalized spacial score (nSPS) is 9.88. The molecule has 0 saturated carbocycles. The van der Waals surface area contributed by atoms with E-state index in [1.54, 1.807) is 24.3 Å². The number of nitrogens with two attached hydrogens (primary N) is 1. The van der Waals surface area contributed by atoms with E-state index in [4.69, 9.17) is 10.5 Å². The number of benzene rings is 2. The number of urea groups is 1. The Bertz CT molecular complexity index is 829. The van der Waals surface area contributed by atoms with E-state index in [0.717, 1.165) is 0 Å². The summed E-state index contributed by atoms with van der Waals surface area (Å²) in [5.74, 6) is -1.27. The number of esters is 1. The van der Waals surface area contributed by atoms with Crippen LogP contribution in [0.3, 0.4) is 0 Å². The van der Waals surface area contributed by atoms with E-state index in [-0.39, 0.29) is 11.3 Å². The first-order chi connectivity index (χ1) is 12.3. The molecule has 8 nitrogen and oxygen atoms in total. The van der Waals surface area contributed by atoms with Gasteiger partial charge < -0.3 is 21.1 Å². The maximum absolute atomic E-state index is 11.9. The topological polar surface area (TPSA) is 128 Å². The van der Waals surface area contributed by atoms with Gasteiger partial charge in [-0.25, -0.2) is 9.59 Å². The monoisotopic (exact) mass is 355 g/mol. The highest BCUT2D eigenvalue weighted by Crippen LogP contribution is 2.11. The summed E-state index contributed by atoms with van der Waals surface area (Å²) in [7, 11) is 0. The number of amides is 3. The van der Waals surface area contributed by atoms with Gasteiger partial charge in [-0.3, -0.25) is 9.59 Å². The van der Waals surface area contributed by atoms with Gasteiger partial charge in [0, 0.05) is 16.9 Å². The summed E-state index contributed by atoms with van der Waals surface area (Å²) in [5, 5.41) is 4.92. The Labute approximate surface area is 149 Å². The molecule has 0 aliphatic rings. The van der Waals surface area contributed by atoms with Crippen molar-refractivity contribution in [1.29, 1.82) is 0 Å². The third kappa shape index (κ3) is 5.45. The average Bonchev–Trinajstić information content (AvgIpc) is 2.60. The Morgan fingerprint density at radius 1 is 0.846 bits per heavy atom. The zero-order valence-corrected chi connectivity index (χ0v) is 13.9. The summed E-state index contributed by atoms with van der Waals surface area (Å²) in [5.41, 5.74) is 6.65. The molecule has 0 aliphatic heterocycles. The fraction of sp³-hybridized carbons (Fsp3) is 0.111. The lowest BCUT2D eigenvalue weighted by Gasteiger charge is -2.08. The average molecular weight is 355 g/mol. The molecule has 0 fully saturated rings. The van der Waals surface area contributed by atoms with E-state index < -0.39 is 24.5 Å². The van der Waals surface area contributed by atoms with Crippen LogP contribution in [0.25, 0.3) is 0 Å². The van der Waals surface area contributed by atoms with Crippen molar-refractivity contribution in [3.05, 3.63) is 59.7 Å². The van der Waals surface area contributed by atoms with Gasteiger partial charge in [-0.15, -0.1) is 0 Å². The molecule has 0 unspecified atom stereocenters. The molecular formula is C18H17N3O5. The molecule has 4 N–H and O–H groups in total. The molecule has 0 heterocycles. The Morgan fingerprint density at radius 3 is 1.85 bits per heavy atom. The van der Waals surface area contributed by atoms with Gasteiger partial charge in [0.05, 0.1) is 5.56 Å². The quantitative estimate of drug-likeness (QED) is 0.540. The smallest absolute Gasteiger partial charge is 0.338 e. The highest BCUT2D eigenvalue weighted by Gasteiger charge is 2.11. The van der Waals surface area contributed by atoms with Crippen LogP contribution in [0.2, 0.25) is 0 Å². The first kappa shape index (κ1) is 18.7. The Hall–Kier alpha value is -3.68. The van der Waals surface area contributed by atoms with Gasteiger partial charge in [0.25, 0.3) is 5.91 Å². The number of carbonyl (C=O) groups is 4. The maximum Gasteiger partial charge on any atom is 0.338 e. The second-order valence-electron chi connectivity index (χ2n) is 5.32. The van der Waals surface area contributed by atoms with Crippen LogP contribution >= 0.6 is 0 Å². The number of ketones is 1. The van der Waals surface area contributed by atoms with Crippen LogP contribution in [-0.4, -0.2) is 30.3 Å². The molecule has 0 aliphatic carbocycles. The molecule has 0 saturated heterocycles. The Morgan fingerprint density at radius 2 is 1.35 bits per heavy atom. The second kappa shape index (κ2) is 8.43. The first-order valence-electron chi connectivity index (χ1n) is 7.59. The minimum Gasteiger partial charge on any atom is -0.452 e. The van der Waals surface area contributed by atoms with Crippen molar-refractivity contribution >= 4 is 35.1 Å². The van der Waals surface area contributed by atoms with Crippen molar-refractivity contribution in [3.63, 3.8) is 0 Å². The van der Waals surface area contributed by atoms with E-state index in [9.17, 15) is 19.2 Å². The van der Waals surface area contributed by atoms with E-state index in [2.05, 4.69) is 10.6 Å². The number of hydrogen-bond acceptors (Lipinski definition) is 5. The molecule has 2 aromatic carbocycles. The van der Waals surface area contributed by atoms with E-state index in [1.807, 2.05) is 0 Å². The van der Waals surface area contributed by atoms with Crippen LogP contribution in [0.5, 0.6) is 0 Å². The Balaban J connectivity index is 1.85. The van der Waals surface area contributed by atoms with E-state index >= 15 is 0 Å². The number of carbonyl (C=O) groups excluding carboxylic acids is 4. The van der Waals surface area contributed by atoms with Crippen molar-refractivity contribution < 1.29 is 23.9 Å². The van der Waals surface area contributed by atoms with Crippen LogP contribution in [-0.2, 0) is 9.53 Å². The van der Waals surface area contributed by atoms with Crippen LogP contribution in [0.4, 0.5) is 16.2 Å². The second-order valence-corrected chi connectivity index (χ2v) is 5.32. The predicted octanol–water partition coefficient (Wildman–Crippen LogP) is 2.18. The number of primary amides is 1. The summed E-state index contributed by atoms with van der Waals surface area (Å²) in [6.07, 6.45) is 0. The summed E-state index contributed by atoms with van der Waals surface area (Å²) in [4.78, 5) is 45.6. The molecule has 3 amide bonds. The lowest BCUT2D eigenvalue weighted by Crippen LogP contribution is -2.21. The zero-order valence-electron chi connectivity index (χ0n) is 13.9. The van der Waals surface area contributed by atoms with Gasteiger partial charge in [0.15, 0.2) is 12.4 Å². The molecular weight excluding hydrogens is 338 g/mol.